The molecule has 1 heterocycles. The van der Waals surface area contributed by atoms with Gasteiger partial charge in [-0.2, -0.15) is 0 Å². The topological polar surface area (TPSA) is 37.8 Å². The first-order chi connectivity index (χ1) is 9.95. The molecule has 0 aliphatic rings. The average Bonchev–Trinajstić information content (AvgIpc) is 2.40. The molecule has 2 rings (SSSR count). The van der Waals surface area contributed by atoms with Gasteiger partial charge in [0.1, 0.15) is 16.8 Å². The number of benzene rings is 1. The Morgan fingerprint density at radius 1 is 1.10 bits per heavy atom. The predicted molar refractivity (Wildman–Crippen MR) is 89.8 cm³/mol. The maximum absolute atomic E-state index is 6.14. The summed E-state index contributed by atoms with van der Waals surface area (Å²) in [7, 11) is 0. The van der Waals surface area contributed by atoms with E-state index < -0.39 is 0 Å². The van der Waals surface area contributed by atoms with Crippen molar-refractivity contribution in [3.8, 4) is 0 Å². The number of nitrogens with one attached hydrogen (secondary N) is 1. The zero-order chi connectivity index (χ0) is 15.4. The maximum Gasteiger partial charge on any atom is 0.135 e. The van der Waals surface area contributed by atoms with E-state index in [9.17, 15) is 0 Å². The second-order valence-electron chi connectivity index (χ2n) is 5.00. The molecule has 2 aromatic rings. The number of rotatable bonds is 5. The van der Waals surface area contributed by atoms with Crippen molar-refractivity contribution in [2.24, 2.45) is 0 Å². The van der Waals surface area contributed by atoms with Gasteiger partial charge in [-0.25, -0.2) is 9.97 Å². The van der Waals surface area contributed by atoms with Crippen molar-refractivity contribution in [1.29, 1.82) is 0 Å². The van der Waals surface area contributed by atoms with Gasteiger partial charge in [0.15, 0.2) is 0 Å². The molecule has 0 unspecified atom stereocenters. The van der Waals surface area contributed by atoms with E-state index in [4.69, 9.17) is 34.8 Å². The molecule has 1 aromatic carbocycles. The zero-order valence-corrected chi connectivity index (χ0v) is 14.1. The summed E-state index contributed by atoms with van der Waals surface area (Å²) in [6, 6.07) is 7.23. The molecule has 0 bridgehead atoms. The highest BCUT2D eigenvalue weighted by atomic mass is 35.5. The molecular formula is C15H16Cl3N3. The van der Waals surface area contributed by atoms with E-state index in [-0.39, 0.29) is 5.92 Å². The molecule has 1 aromatic heterocycles. The normalized spacial score (nSPS) is 11.0. The van der Waals surface area contributed by atoms with Crippen LogP contribution >= 0.6 is 34.8 Å². The first-order valence-corrected chi connectivity index (χ1v) is 7.81. The lowest BCUT2D eigenvalue weighted by molar-refractivity contribution is 0.774. The summed E-state index contributed by atoms with van der Waals surface area (Å²) in [5, 5.41) is 5.00. The maximum atomic E-state index is 6.14. The molecule has 0 saturated carbocycles. The summed E-state index contributed by atoms with van der Waals surface area (Å²) in [5.74, 6) is 1.69. The van der Waals surface area contributed by atoms with E-state index in [0.29, 0.717) is 21.7 Å². The first-order valence-electron chi connectivity index (χ1n) is 6.68. The summed E-state index contributed by atoms with van der Waals surface area (Å²) < 4.78 is 0. The first kappa shape index (κ1) is 16.3. The molecule has 21 heavy (non-hydrogen) atoms. The fraction of sp³-hybridized carbons (Fsp3) is 0.333. The lowest BCUT2D eigenvalue weighted by atomic mass is 10.1. The highest BCUT2D eigenvalue weighted by Gasteiger charge is 2.07. The number of nitrogens with zero attached hydrogens (tertiary/aromatic N) is 2. The van der Waals surface area contributed by atoms with Crippen LogP contribution in [0.25, 0.3) is 0 Å². The number of aromatic nitrogens is 2. The van der Waals surface area contributed by atoms with Crippen LogP contribution in [0.4, 0.5) is 5.82 Å². The number of anilines is 1. The number of hydrogen-bond donors (Lipinski definition) is 1. The van der Waals surface area contributed by atoms with Gasteiger partial charge in [0, 0.05) is 28.6 Å². The molecule has 0 fully saturated rings. The Balaban J connectivity index is 2.00. The smallest absolute Gasteiger partial charge is 0.135 e. The van der Waals surface area contributed by atoms with Crippen LogP contribution in [0.3, 0.4) is 0 Å². The Kier molecular flexibility index (Phi) is 5.68. The summed E-state index contributed by atoms with van der Waals surface area (Å²) in [4.78, 5) is 8.64. The van der Waals surface area contributed by atoms with E-state index in [1.165, 1.54) is 0 Å². The Hall–Kier alpha value is -1.03. The third-order valence-electron chi connectivity index (χ3n) is 2.94. The Morgan fingerprint density at radius 2 is 1.86 bits per heavy atom. The molecule has 0 aliphatic heterocycles. The van der Waals surface area contributed by atoms with Crippen LogP contribution in [0.15, 0.2) is 24.3 Å². The monoisotopic (exact) mass is 343 g/mol. The molecule has 112 valence electrons. The van der Waals surface area contributed by atoms with Gasteiger partial charge < -0.3 is 5.32 Å². The van der Waals surface area contributed by atoms with Crippen molar-refractivity contribution in [3.63, 3.8) is 0 Å². The number of halogens is 3. The third-order valence-corrected chi connectivity index (χ3v) is 3.72. The van der Waals surface area contributed by atoms with Crippen LogP contribution in [0.2, 0.25) is 15.2 Å². The van der Waals surface area contributed by atoms with Gasteiger partial charge in [-0.1, -0.05) is 54.7 Å². The lowest BCUT2D eigenvalue weighted by Crippen LogP contribution is -2.09. The fourth-order valence-corrected chi connectivity index (χ4v) is 2.53. The molecule has 0 saturated heterocycles. The van der Waals surface area contributed by atoms with Crippen LogP contribution in [0, 0.1) is 0 Å². The number of hydrogen-bond acceptors (Lipinski definition) is 3. The lowest BCUT2D eigenvalue weighted by Gasteiger charge is -2.10. The van der Waals surface area contributed by atoms with Gasteiger partial charge in [0.25, 0.3) is 0 Å². The zero-order valence-electron chi connectivity index (χ0n) is 11.8. The summed E-state index contributed by atoms with van der Waals surface area (Å²) in [5.41, 5.74) is 1.04. The fourth-order valence-electron chi connectivity index (χ4n) is 1.83. The van der Waals surface area contributed by atoms with Crippen molar-refractivity contribution in [2.75, 3.05) is 11.9 Å². The molecule has 0 amide bonds. The van der Waals surface area contributed by atoms with Crippen LogP contribution < -0.4 is 5.32 Å². The van der Waals surface area contributed by atoms with Crippen LogP contribution in [-0.2, 0) is 6.42 Å². The van der Waals surface area contributed by atoms with E-state index in [0.717, 1.165) is 23.6 Å². The molecule has 1 N–H and O–H groups in total. The minimum Gasteiger partial charge on any atom is -0.370 e. The molecule has 0 radical (unpaired) electrons. The van der Waals surface area contributed by atoms with Crippen LogP contribution in [-0.4, -0.2) is 16.5 Å². The minimum absolute atomic E-state index is 0.231. The van der Waals surface area contributed by atoms with Crippen molar-refractivity contribution >= 4 is 40.6 Å². The Labute approximate surface area is 139 Å². The van der Waals surface area contributed by atoms with Gasteiger partial charge in [0.2, 0.25) is 0 Å². The summed E-state index contributed by atoms with van der Waals surface area (Å²) >= 11 is 18.0. The third kappa shape index (κ3) is 4.73. The standard InChI is InChI=1S/C15H16Cl3N3/c1-9(2)15-20-13(18)8-14(21-15)19-6-5-10-3-4-11(16)7-12(10)17/h3-4,7-9H,5-6H2,1-2H3,(H,19,20,21). The highest BCUT2D eigenvalue weighted by Crippen LogP contribution is 2.22. The predicted octanol–water partition coefficient (Wildman–Crippen LogP) is 5.21. The second-order valence-corrected chi connectivity index (χ2v) is 6.23. The molecule has 0 spiro atoms. The summed E-state index contributed by atoms with van der Waals surface area (Å²) in [6.07, 6.45) is 0.772. The van der Waals surface area contributed by atoms with E-state index in [2.05, 4.69) is 15.3 Å². The Morgan fingerprint density at radius 3 is 2.52 bits per heavy atom. The van der Waals surface area contributed by atoms with Crippen molar-refractivity contribution in [1.82, 2.24) is 9.97 Å². The van der Waals surface area contributed by atoms with E-state index in [1.807, 2.05) is 26.0 Å². The SMILES string of the molecule is CC(C)c1nc(Cl)cc(NCCc2ccc(Cl)cc2Cl)n1. The van der Waals surface area contributed by atoms with Gasteiger partial charge in [0.05, 0.1) is 0 Å². The highest BCUT2D eigenvalue weighted by molar-refractivity contribution is 6.35. The van der Waals surface area contributed by atoms with Crippen LogP contribution in [0.1, 0.15) is 31.2 Å². The van der Waals surface area contributed by atoms with Gasteiger partial charge in [-0.3, -0.25) is 0 Å². The second kappa shape index (κ2) is 7.30. The van der Waals surface area contributed by atoms with Crippen molar-refractivity contribution in [3.05, 3.63) is 50.9 Å². The van der Waals surface area contributed by atoms with E-state index >= 15 is 0 Å². The Bertz CT molecular complexity index is 630. The molecule has 0 atom stereocenters. The van der Waals surface area contributed by atoms with Gasteiger partial charge in [-0.05, 0) is 24.1 Å². The van der Waals surface area contributed by atoms with Crippen molar-refractivity contribution < 1.29 is 0 Å². The summed E-state index contributed by atoms with van der Waals surface area (Å²) in [6.45, 7) is 4.76. The van der Waals surface area contributed by atoms with E-state index in [1.54, 1.807) is 12.1 Å². The average molecular weight is 345 g/mol. The molecule has 6 heteroatoms. The molecule has 0 aliphatic carbocycles. The largest absolute Gasteiger partial charge is 0.370 e. The molecular weight excluding hydrogens is 329 g/mol. The van der Waals surface area contributed by atoms with Crippen molar-refractivity contribution in [2.45, 2.75) is 26.2 Å². The quantitative estimate of drug-likeness (QED) is 0.756. The molecule has 3 nitrogen and oxygen atoms in total. The van der Waals surface area contributed by atoms with Gasteiger partial charge >= 0.3 is 0 Å². The van der Waals surface area contributed by atoms with Crippen LogP contribution in [0.5, 0.6) is 0 Å². The minimum atomic E-state index is 0.231. The van der Waals surface area contributed by atoms with Gasteiger partial charge in [-0.15, -0.1) is 0 Å².